The molecule has 5 rings (SSSR count). The van der Waals surface area contributed by atoms with Crippen LogP contribution < -0.4 is 5.73 Å². The largest absolute Gasteiger partial charge is 0.399 e. The van der Waals surface area contributed by atoms with Gasteiger partial charge in [-0.2, -0.15) is 15.8 Å². The van der Waals surface area contributed by atoms with E-state index in [1.165, 1.54) is 6.92 Å². The number of fused-ring (bicyclic) bond motifs is 3. The van der Waals surface area contributed by atoms with Gasteiger partial charge in [0.05, 0.1) is 23.4 Å². The van der Waals surface area contributed by atoms with Crippen LogP contribution in [0.2, 0.25) is 0 Å². The molecule has 7 heteroatoms. The molecule has 7 nitrogen and oxygen atoms in total. The van der Waals surface area contributed by atoms with Gasteiger partial charge < -0.3 is 10.6 Å². The molecule has 0 fully saturated rings. The number of ketones is 1. The highest BCUT2D eigenvalue weighted by atomic mass is 16.2. The molecule has 154 valence electrons. The van der Waals surface area contributed by atoms with Gasteiger partial charge in [0.15, 0.2) is 5.78 Å². The van der Waals surface area contributed by atoms with Gasteiger partial charge in [0.25, 0.3) is 0 Å². The van der Waals surface area contributed by atoms with Crippen molar-refractivity contribution in [2.24, 2.45) is 17.1 Å². The third-order valence-corrected chi connectivity index (χ3v) is 7.21. The standard InChI is InChI=1S/C25H17N5O2/c1-14(31)30-9-8-16-18(10-26)22(29)24(12-27,13-28)25(20(16)11-30)19-7-3-5-15-4-2-6-17(21(15)19)23(25)32/h2-8,20H,9,11,29H2,1H3. The number of benzene rings is 2. The van der Waals surface area contributed by atoms with Crippen molar-refractivity contribution < 1.29 is 9.59 Å². The highest BCUT2D eigenvalue weighted by Crippen LogP contribution is 2.63. The zero-order valence-corrected chi connectivity index (χ0v) is 17.2. The Balaban J connectivity index is 1.99. The van der Waals surface area contributed by atoms with Crippen molar-refractivity contribution in [3.63, 3.8) is 0 Å². The minimum Gasteiger partial charge on any atom is -0.399 e. The fraction of sp³-hybridized carbons (Fsp3) is 0.240. The molecule has 2 unspecified atom stereocenters. The first-order valence-electron chi connectivity index (χ1n) is 10.1. The molecule has 1 spiro atoms. The SMILES string of the molecule is CC(=O)N1CC=C2C(C#N)=C(N)C(C#N)(C#N)C3(C(=O)c4cccc5cccc3c45)C2C1. The second-order valence-corrected chi connectivity index (χ2v) is 8.36. The molecule has 1 heterocycles. The van der Waals surface area contributed by atoms with Gasteiger partial charge in [-0.3, -0.25) is 9.59 Å². The lowest BCUT2D eigenvalue weighted by molar-refractivity contribution is -0.129. The Labute approximate surface area is 184 Å². The normalized spacial score (nSPS) is 25.1. The van der Waals surface area contributed by atoms with Crippen LogP contribution in [0.4, 0.5) is 0 Å². The van der Waals surface area contributed by atoms with E-state index >= 15 is 0 Å². The van der Waals surface area contributed by atoms with E-state index in [0.717, 1.165) is 5.39 Å². The fourth-order valence-electron chi connectivity index (χ4n) is 5.82. The van der Waals surface area contributed by atoms with Crippen LogP contribution >= 0.6 is 0 Å². The summed E-state index contributed by atoms with van der Waals surface area (Å²) in [5.74, 6) is -1.35. The van der Waals surface area contributed by atoms with Gasteiger partial charge >= 0.3 is 0 Å². The summed E-state index contributed by atoms with van der Waals surface area (Å²) in [4.78, 5) is 28.1. The predicted molar refractivity (Wildman–Crippen MR) is 114 cm³/mol. The summed E-state index contributed by atoms with van der Waals surface area (Å²) in [5, 5.41) is 32.2. The van der Waals surface area contributed by atoms with Crippen LogP contribution in [0.1, 0.15) is 22.8 Å². The van der Waals surface area contributed by atoms with Crippen molar-refractivity contribution in [2.45, 2.75) is 12.3 Å². The Morgan fingerprint density at radius 3 is 2.47 bits per heavy atom. The maximum absolute atomic E-state index is 14.3. The van der Waals surface area contributed by atoms with Gasteiger partial charge in [-0.05, 0) is 21.9 Å². The van der Waals surface area contributed by atoms with E-state index in [4.69, 9.17) is 5.73 Å². The monoisotopic (exact) mass is 419 g/mol. The number of hydrogen-bond acceptors (Lipinski definition) is 6. The van der Waals surface area contributed by atoms with Gasteiger partial charge in [0.1, 0.15) is 11.5 Å². The van der Waals surface area contributed by atoms with E-state index in [0.29, 0.717) is 22.1 Å². The quantitative estimate of drug-likeness (QED) is 0.697. The van der Waals surface area contributed by atoms with Crippen LogP contribution in [0.15, 0.2) is 59.3 Å². The molecule has 2 aromatic rings. The lowest BCUT2D eigenvalue weighted by Gasteiger charge is -2.51. The molecule has 1 aliphatic heterocycles. The maximum Gasteiger partial charge on any atom is 0.219 e. The van der Waals surface area contributed by atoms with Gasteiger partial charge in [-0.25, -0.2) is 0 Å². The fourth-order valence-corrected chi connectivity index (χ4v) is 5.82. The Kier molecular flexibility index (Phi) is 3.85. The topological polar surface area (TPSA) is 135 Å². The Hall–Kier alpha value is -4.41. The summed E-state index contributed by atoms with van der Waals surface area (Å²) in [6.07, 6.45) is 1.72. The summed E-state index contributed by atoms with van der Waals surface area (Å²) in [6.45, 7) is 1.78. The number of carbonyl (C=O) groups excluding carboxylic acids is 2. The summed E-state index contributed by atoms with van der Waals surface area (Å²) < 4.78 is 0. The molecule has 3 aliphatic rings. The molecule has 2 N–H and O–H groups in total. The van der Waals surface area contributed by atoms with Crippen LogP contribution in [-0.4, -0.2) is 29.7 Å². The van der Waals surface area contributed by atoms with Crippen molar-refractivity contribution in [3.05, 3.63) is 70.4 Å². The predicted octanol–water partition coefficient (Wildman–Crippen LogP) is 2.46. The summed E-state index contributed by atoms with van der Waals surface area (Å²) in [5.41, 5.74) is 3.94. The third kappa shape index (κ3) is 1.93. The molecule has 32 heavy (non-hydrogen) atoms. The summed E-state index contributed by atoms with van der Waals surface area (Å²) in [7, 11) is 0. The first kappa shape index (κ1) is 19.5. The molecule has 2 aliphatic carbocycles. The molecule has 0 bridgehead atoms. The van der Waals surface area contributed by atoms with Crippen molar-refractivity contribution in [2.75, 3.05) is 13.1 Å². The van der Waals surface area contributed by atoms with Crippen LogP contribution in [0.25, 0.3) is 10.8 Å². The number of nitrogens with two attached hydrogens (primary N) is 1. The first-order valence-corrected chi connectivity index (χ1v) is 10.1. The van der Waals surface area contributed by atoms with Gasteiger partial charge in [0, 0.05) is 31.5 Å². The Morgan fingerprint density at radius 1 is 1.16 bits per heavy atom. The number of rotatable bonds is 0. The highest BCUT2D eigenvalue weighted by Gasteiger charge is 2.71. The van der Waals surface area contributed by atoms with Crippen LogP contribution in [0.3, 0.4) is 0 Å². The number of nitriles is 3. The maximum atomic E-state index is 14.3. The van der Waals surface area contributed by atoms with Crippen molar-refractivity contribution in [3.8, 4) is 18.2 Å². The molecule has 0 aromatic heterocycles. The number of amides is 1. The molecule has 0 radical (unpaired) electrons. The minimum atomic E-state index is -2.11. The zero-order valence-electron chi connectivity index (χ0n) is 17.2. The molecule has 2 atom stereocenters. The number of carbonyl (C=O) groups is 2. The second kappa shape index (κ2) is 6.30. The van der Waals surface area contributed by atoms with Crippen molar-refractivity contribution in [1.82, 2.24) is 4.90 Å². The lowest BCUT2D eigenvalue weighted by Crippen LogP contribution is -2.62. The van der Waals surface area contributed by atoms with Crippen molar-refractivity contribution in [1.29, 1.82) is 15.8 Å². The van der Waals surface area contributed by atoms with Crippen LogP contribution in [0.5, 0.6) is 0 Å². The van der Waals surface area contributed by atoms with Gasteiger partial charge in [-0.1, -0.05) is 42.5 Å². The van der Waals surface area contributed by atoms with Crippen LogP contribution in [0, 0.1) is 45.3 Å². The molecular formula is C25H17N5O2. The summed E-state index contributed by atoms with van der Waals surface area (Å²) in [6, 6.07) is 16.9. The Morgan fingerprint density at radius 2 is 1.84 bits per heavy atom. The van der Waals surface area contributed by atoms with Crippen LogP contribution in [-0.2, 0) is 10.2 Å². The van der Waals surface area contributed by atoms with E-state index in [1.807, 2.05) is 12.1 Å². The molecular weight excluding hydrogens is 402 g/mol. The van der Waals surface area contributed by atoms with E-state index in [9.17, 15) is 25.4 Å². The minimum absolute atomic E-state index is 0.0443. The number of allylic oxidation sites excluding steroid dienone is 2. The molecule has 0 saturated heterocycles. The lowest BCUT2D eigenvalue weighted by atomic mass is 9.47. The second-order valence-electron chi connectivity index (χ2n) is 8.36. The Bertz CT molecular complexity index is 1430. The number of nitrogens with zero attached hydrogens (tertiary/aromatic N) is 4. The van der Waals surface area contributed by atoms with E-state index < -0.39 is 16.7 Å². The van der Waals surface area contributed by atoms with Crippen molar-refractivity contribution >= 4 is 22.5 Å². The average molecular weight is 419 g/mol. The smallest absolute Gasteiger partial charge is 0.219 e. The number of hydrogen-bond donors (Lipinski definition) is 1. The van der Waals surface area contributed by atoms with Gasteiger partial charge in [0.2, 0.25) is 11.3 Å². The van der Waals surface area contributed by atoms with E-state index in [2.05, 4.69) is 18.2 Å². The molecule has 1 amide bonds. The highest BCUT2D eigenvalue weighted by molar-refractivity contribution is 6.22. The third-order valence-electron chi connectivity index (χ3n) is 7.21. The summed E-state index contributed by atoms with van der Waals surface area (Å²) >= 11 is 0. The molecule has 0 saturated carbocycles. The van der Waals surface area contributed by atoms with E-state index in [1.54, 1.807) is 35.2 Å². The number of Topliss-reactive ketones (excluding diaryl/α,β-unsaturated/α-hetero) is 1. The first-order chi connectivity index (χ1) is 15.4. The average Bonchev–Trinajstić information content (AvgIpc) is 3.06. The van der Waals surface area contributed by atoms with E-state index in [-0.39, 0.29) is 36.1 Å². The molecule has 2 aromatic carbocycles. The van der Waals surface area contributed by atoms with Gasteiger partial charge in [-0.15, -0.1) is 0 Å². The zero-order chi connectivity index (χ0) is 22.8.